The van der Waals surface area contributed by atoms with Gasteiger partial charge in [-0.05, 0) is 44.5 Å². The molecule has 7 heteroatoms. The highest BCUT2D eigenvalue weighted by Crippen LogP contribution is 2.25. The molecule has 2 unspecified atom stereocenters. The molecule has 0 aromatic heterocycles. The highest BCUT2D eigenvalue weighted by molar-refractivity contribution is 6.34. The summed E-state index contributed by atoms with van der Waals surface area (Å²) in [5.74, 6) is -0.197. The lowest BCUT2D eigenvalue weighted by molar-refractivity contribution is 0.0920. The van der Waals surface area contributed by atoms with Gasteiger partial charge >= 0.3 is 6.03 Å². The monoisotopic (exact) mass is 336 g/mol. The van der Waals surface area contributed by atoms with Gasteiger partial charge in [0.25, 0.3) is 5.91 Å². The molecule has 3 amide bonds. The van der Waals surface area contributed by atoms with E-state index in [2.05, 4.69) is 22.9 Å². The van der Waals surface area contributed by atoms with Gasteiger partial charge < -0.3 is 16.0 Å². The van der Waals surface area contributed by atoms with Crippen LogP contribution in [-0.2, 0) is 0 Å². The fraction of sp³-hybridized carbons (Fsp3) is 0.500. The third kappa shape index (κ3) is 3.43. The van der Waals surface area contributed by atoms with Crippen molar-refractivity contribution >= 4 is 29.2 Å². The number of amides is 3. The van der Waals surface area contributed by atoms with Crippen molar-refractivity contribution in [3.8, 4) is 0 Å². The third-order valence-corrected chi connectivity index (χ3v) is 4.77. The van der Waals surface area contributed by atoms with E-state index in [4.69, 9.17) is 11.6 Å². The molecule has 0 bridgehead atoms. The molecular weight excluding hydrogens is 316 g/mol. The normalized spacial score (nSPS) is 24.4. The third-order valence-electron chi connectivity index (χ3n) is 4.44. The van der Waals surface area contributed by atoms with E-state index in [9.17, 15) is 9.59 Å². The van der Waals surface area contributed by atoms with Crippen molar-refractivity contribution in [2.24, 2.45) is 0 Å². The molecule has 2 aliphatic rings. The minimum absolute atomic E-state index is 0.0889. The van der Waals surface area contributed by atoms with Crippen molar-refractivity contribution in [2.45, 2.75) is 31.8 Å². The summed E-state index contributed by atoms with van der Waals surface area (Å²) in [5.41, 5.74) is 1.09. The van der Waals surface area contributed by atoms with Gasteiger partial charge in [0.05, 0.1) is 10.6 Å². The Bertz CT molecular complexity index is 622. The molecule has 3 N–H and O–H groups in total. The van der Waals surface area contributed by atoms with E-state index in [1.807, 2.05) is 0 Å². The molecule has 0 radical (unpaired) electrons. The van der Waals surface area contributed by atoms with Gasteiger partial charge in [0, 0.05) is 30.9 Å². The van der Waals surface area contributed by atoms with Crippen molar-refractivity contribution in [2.75, 3.05) is 24.5 Å². The summed E-state index contributed by atoms with van der Waals surface area (Å²) in [7, 11) is 0. The Kier molecular flexibility index (Phi) is 4.73. The first-order valence-electron chi connectivity index (χ1n) is 7.95. The van der Waals surface area contributed by atoms with Crippen LogP contribution in [-0.4, -0.2) is 43.7 Å². The zero-order chi connectivity index (χ0) is 16.4. The lowest BCUT2D eigenvalue weighted by atomic mass is 9.99. The molecule has 3 rings (SSSR count). The number of hydrogen-bond donors (Lipinski definition) is 3. The van der Waals surface area contributed by atoms with Crippen LogP contribution in [0.5, 0.6) is 0 Å². The van der Waals surface area contributed by atoms with Gasteiger partial charge in [-0.25, -0.2) is 4.79 Å². The predicted molar refractivity (Wildman–Crippen MR) is 90.1 cm³/mol. The predicted octanol–water partition coefficient (Wildman–Crippen LogP) is 1.74. The Hall–Kier alpha value is -1.79. The number of piperidine rings is 1. The molecule has 23 heavy (non-hydrogen) atoms. The zero-order valence-electron chi connectivity index (χ0n) is 13.1. The molecule has 2 fully saturated rings. The number of carbonyl (C=O) groups excluding carboxylic acids is 2. The van der Waals surface area contributed by atoms with Crippen LogP contribution in [0.25, 0.3) is 0 Å². The fourth-order valence-electron chi connectivity index (χ4n) is 3.06. The largest absolute Gasteiger partial charge is 0.348 e. The summed E-state index contributed by atoms with van der Waals surface area (Å²) in [6.07, 6.45) is 1.99. The maximum Gasteiger partial charge on any atom is 0.321 e. The Labute approximate surface area is 140 Å². The Morgan fingerprint density at radius 1 is 1.39 bits per heavy atom. The molecule has 2 saturated heterocycles. The summed E-state index contributed by atoms with van der Waals surface area (Å²) in [5, 5.41) is 9.55. The number of carbonyl (C=O) groups is 2. The van der Waals surface area contributed by atoms with E-state index in [1.165, 1.54) is 0 Å². The number of nitrogens with one attached hydrogen (secondary N) is 3. The quantitative estimate of drug-likeness (QED) is 0.787. The van der Waals surface area contributed by atoms with Crippen LogP contribution in [0, 0.1) is 0 Å². The Morgan fingerprint density at radius 3 is 2.91 bits per heavy atom. The highest BCUT2D eigenvalue weighted by Gasteiger charge is 2.26. The minimum atomic E-state index is -0.197. The first kappa shape index (κ1) is 16.1. The van der Waals surface area contributed by atoms with E-state index in [0.29, 0.717) is 29.4 Å². The van der Waals surface area contributed by atoms with Crippen LogP contribution < -0.4 is 20.9 Å². The second kappa shape index (κ2) is 6.76. The topological polar surface area (TPSA) is 73.5 Å². The second-order valence-corrected chi connectivity index (χ2v) is 6.42. The Balaban J connectivity index is 1.78. The molecule has 1 aromatic carbocycles. The van der Waals surface area contributed by atoms with Gasteiger partial charge in [0.1, 0.15) is 0 Å². The summed E-state index contributed by atoms with van der Waals surface area (Å²) >= 11 is 6.19. The molecule has 1 aromatic rings. The fourth-order valence-corrected chi connectivity index (χ4v) is 3.26. The summed E-state index contributed by atoms with van der Waals surface area (Å²) in [6.45, 7) is 4.24. The maximum absolute atomic E-state index is 12.6. The second-order valence-electron chi connectivity index (χ2n) is 6.01. The molecule has 0 spiro atoms. The van der Waals surface area contributed by atoms with Crippen molar-refractivity contribution < 1.29 is 9.59 Å². The van der Waals surface area contributed by atoms with E-state index in [0.717, 1.165) is 19.4 Å². The molecule has 124 valence electrons. The van der Waals surface area contributed by atoms with Gasteiger partial charge in [-0.3, -0.25) is 9.69 Å². The number of hydrogen-bond acceptors (Lipinski definition) is 3. The van der Waals surface area contributed by atoms with Crippen LogP contribution in [0.4, 0.5) is 10.5 Å². The van der Waals surface area contributed by atoms with Crippen LogP contribution >= 0.6 is 11.6 Å². The van der Waals surface area contributed by atoms with Crippen LogP contribution in [0.15, 0.2) is 18.2 Å². The number of nitrogens with zero attached hydrogens (tertiary/aromatic N) is 1. The summed E-state index contributed by atoms with van der Waals surface area (Å²) < 4.78 is 0. The minimum Gasteiger partial charge on any atom is -0.348 e. The average Bonchev–Trinajstić information content (AvgIpc) is 2.96. The molecule has 2 aliphatic heterocycles. The molecule has 0 saturated carbocycles. The van der Waals surface area contributed by atoms with Gasteiger partial charge in [-0.1, -0.05) is 11.6 Å². The van der Waals surface area contributed by atoms with Crippen molar-refractivity contribution in [1.29, 1.82) is 0 Å². The number of rotatable bonds is 3. The summed E-state index contributed by atoms with van der Waals surface area (Å²) in [4.78, 5) is 26.0. The van der Waals surface area contributed by atoms with Crippen molar-refractivity contribution in [1.82, 2.24) is 16.0 Å². The van der Waals surface area contributed by atoms with Crippen LogP contribution in [0.3, 0.4) is 0 Å². The van der Waals surface area contributed by atoms with Gasteiger partial charge in [0.2, 0.25) is 0 Å². The molecule has 6 nitrogen and oxygen atoms in total. The van der Waals surface area contributed by atoms with Crippen LogP contribution in [0.2, 0.25) is 5.02 Å². The van der Waals surface area contributed by atoms with Crippen molar-refractivity contribution in [3.05, 3.63) is 28.8 Å². The van der Waals surface area contributed by atoms with Gasteiger partial charge in [-0.2, -0.15) is 0 Å². The molecule has 0 aliphatic carbocycles. The maximum atomic E-state index is 12.6. The van der Waals surface area contributed by atoms with Gasteiger partial charge in [0.15, 0.2) is 0 Å². The lowest BCUT2D eigenvalue weighted by Crippen LogP contribution is -2.51. The average molecular weight is 337 g/mol. The van der Waals surface area contributed by atoms with E-state index >= 15 is 0 Å². The smallest absolute Gasteiger partial charge is 0.321 e. The number of anilines is 1. The summed E-state index contributed by atoms with van der Waals surface area (Å²) in [6, 6.07) is 5.28. The number of halogens is 1. The Morgan fingerprint density at radius 2 is 2.22 bits per heavy atom. The first-order chi connectivity index (χ1) is 11.1. The molecule has 2 heterocycles. The van der Waals surface area contributed by atoms with Crippen molar-refractivity contribution in [3.63, 3.8) is 0 Å². The SMILES string of the molecule is CC1NCCCC1NC(=O)c1cc(N2CCNC2=O)ccc1Cl. The standard InChI is InChI=1S/C16H21ClN4O2/c1-10-14(3-2-6-18-10)20-15(22)12-9-11(4-5-13(12)17)21-8-7-19-16(21)23/h4-5,9-10,14,18H,2-3,6-8H2,1H3,(H,19,23)(H,20,22). The highest BCUT2D eigenvalue weighted by atomic mass is 35.5. The van der Waals surface area contributed by atoms with Crippen LogP contribution in [0.1, 0.15) is 30.1 Å². The zero-order valence-corrected chi connectivity index (χ0v) is 13.8. The van der Waals surface area contributed by atoms with E-state index < -0.39 is 0 Å². The first-order valence-corrected chi connectivity index (χ1v) is 8.33. The number of benzene rings is 1. The molecule has 2 atom stereocenters. The number of urea groups is 1. The van der Waals surface area contributed by atoms with E-state index in [1.54, 1.807) is 23.1 Å². The van der Waals surface area contributed by atoms with E-state index in [-0.39, 0.29) is 24.0 Å². The lowest BCUT2D eigenvalue weighted by Gasteiger charge is -2.30. The molecular formula is C16H21ClN4O2. The van der Waals surface area contributed by atoms with Gasteiger partial charge in [-0.15, -0.1) is 0 Å².